The van der Waals surface area contributed by atoms with Gasteiger partial charge in [-0.1, -0.05) is 22.0 Å². The highest BCUT2D eigenvalue weighted by molar-refractivity contribution is 9.09. The molecule has 14 heavy (non-hydrogen) atoms. The number of rotatable bonds is 2. The van der Waals surface area contributed by atoms with Gasteiger partial charge in [0.05, 0.1) is 5.52 Å². The molecular formula is C10H10BrNO2. The second kappa shape index (κ2) is 3.61. The summed E-state index contributed by atoms with van der Waals surface area (Å²) in [6, 6.07) is 5.73. The average molecular weight is 256 g/mol. The Labute approximate surface area is 89.5 Å². The summed E-state index contributed by atoms with van der Waals surface area (Å²) < 4.78 is 6.73. The van der Waals surface area contributed by atoms with Crippen molar-refractivity contribution in [3.8, 4) is 0 Å². The van der Waals surface area contributed by atoms with E-state index < -0.39 is 0 Å². The highest BCUT2D eigenvalue weighted by Crippen LogP contribution is 2.14. The molecule has 2 aromatic rings. The molecule has 0 N–H and O–H groups in total. The van der Waals surface area contributed by atoms with E-state index in [2.05, 4.69) is 15.9 Å². The fourth-order valence-corrected chi connectivity index (χ4v) is 1.82. The van der Waals surface area contributed by atoms with Crippen molar-refractivity contribution >= 4 is 27.0 Å². The van der Waals surface area contributed by atoms with Crippen LogP contribution in [0.15, 0.2) is 27.4 Å². The van der Waals surface area contributed by atoms with Gasteiger partial charge in [-0.2, -0.15) is 0 Å². The van der Waals surface area contributed by atoms with E-state index in [-0.39, 0.29) is 5.76 Å². The van der Waals surface area contributed by atoms with Crippen molar-refractivity contribution in [3.63, 3.8) is 0 Å². The summed E-state index contributed by atoms with van der Waals surface area (Å²) in [6.45, 7) is 2.63. The van der Waals surface area contributed by atoms with Crippen molar-refractivity contribution in [2.24, 2.45) is 0 Å². The van der Waals surface area contributed by atoms with Crippen LogP contribution in [0.3, 0.4) is 0 Å². The number of aryl methyl sites for hydroxylation is 2. The summed E-state index contributed by atoms with van der Waals surface area (Å²) in [7, 11) is 0. The molecule has 0 atom stereocenters. The van der Waals surface area contributed by atoms with Crippen molar-refractivity contribution in [1.82, 2.24) is 4.57 Å². The zero-order valence-electron chi connectivity index (χ0n) is 7.79. The van der Waals surface area contributed by atoms with Crippen LogP contribution in [0.5, 0.6) is 0 Å². The molecule has 1 aromatic heterocycles. The lowest BCUT2D eigenvalue weighted by Crippen LogP contribution is -2.14. The summed E-state index contributed by atoms with van der Waals surface area (Å²) in [5.41, 5.74) is 2.65. The van der Waals surface area contributed by atoms with Crippen molar-refractivity contribution in [2.45, 2.75) is 13.5 Å². The minimum atomic E-state index is -0.287. The number of aromatic nitrogens is 1. The minimum absolute atomic E-state index is 0.287. The molecular weight excluding hydrogens is 246 g/mol. The molecule has 0 saturated heterocycles. The quantitative estimate of drug-likeness (QED) is 0.773. The molecule has 0 fully saturated rings. The van der Waals surface area contributed by atoms with Gasteiger partial charge >= 0.3 is 5.76 Å². The van der Waals surface area contributed by atoms with E-state index in [4.69, 9.17) is 4.42 Å². The molecule has 0 radical (unpaired) electrons. The smallest absolute Gasteiger partial charge is 0.408 e. The SMILES string of the molecule is Cc1ccc2oc(=O)n(CCBr)c2c1. The first-order valence-electron chi connectivity index (χ1n) is 4.38. The van der Waals surface area contributed by atoms with E-state index >= 15 is 0 Å². The number of nitrogens with zero attached hydrogens (tertiary/aromatic N) is 1. The third-order valence-electron chi connectivity index (χ3n) is 2.13. The van der Waals surface area contributed by atoms with Gasteiger partial charge in [0, 0.05) is 11.9 Å². The fraction of sp³-hybridized carbons (Fsp3) is 0.300. The summed E-state index contributed by atoms with van der Waals surface area (Å²) in [5.74, 6) is -0.287. The first-order valence-corrected chi connectivity index (χ1v) is 5.50. The standard InChI is InChI=1S/C10H10BrNO2/c1-7-2-3-9-8(6-7)12(5-4-11)10(13)14-9/h2-3,6H,4-5H2,1H3. The van der Waals surface area contributed by atoms with Gasteiger partial charge in [-0.05, 0) is 24.6 Å². The normalized spacial score (nSPS) is 11.0. The van der Waals surface area contributed by atoms with Crippen molar-refractivity contribution in [1.29, 1.82) is 0 Å². The number of hydrogen-bond donors (Lipinski definition) is 0. The van der Waals surface area contributed by atoms with Gasteiger partial charge in [0.1, 0.15) is 0 Å². The fourth-order valence-electron chi connectivity index (χ4n) is 1.47. The molecule has 0 amide bonds. The Morgan fingerprint density at radius 3 is 3.00 bits per heavy atom. The molecule has 0 aliphatic rings. The van der Waals surface area contributed by atoms with E-state index in [0.29, 0.717) is 12.1 Å². The van der Waals surface area contributed by atoms with Gasteiger partial charge in [0.25, 0.3) is 0 Å². The van der Waals surface area contributed by atoms with Crippen molar-refractivity contribution in [3.05, 3.63) is 34.3 Å². The lowest BCUT2D eigenvalue weighted by molar-refractivity contribution is 0.514. The maximum atomic E-state index is 11.4. The van der Waals surface area contributed by atoms with Gasteiger partial charge in [-0.25, -0.2) is 4.79 Å². The molecule has 2 rings (SSSR count). The number of halogens is 1. The maximum absolute atomic E-state index is 11.4. The first kappa shape index (κ1) is 9.52. The predicted octanol–water partition coefficient (Wildman–Crippen LogP) is 2.30. The summed E-state index contributed by atoms with van der Waals surface area (Å²) in [5, 5.41) is 0.746. The number of oxazole rings is 1. The van der Waals surface area contributed by atoms with Crippen LogP contribution in [0, 0.1) is 6.92 Å². The van der Waals surface area contributed by atoms with E-state index in [9.17, 15) is 4.79 Å². The Hall–Kier alpha value is -1.03. The molecule has 0 aliphatic carbocycles. The Morgan fingerprint density at radius 1 is 1.50 bits per heavy atom. The zero-order valence-corrected chi connectivity index (χ0v) is 9.37. The molecule has 0 unspecified atom stereocenters. The van der Waals surface area contributed by atoms with Gasteiger partial charge in [0.15, 0.2) is 5.58 Å². The molecule has 0 saturated carbocycles. The number of hydrogen-bond acceptors (Lipinski definition) is 2. The predicted molar refractivity (Wildman–Crippen MR) is 59.0 cm³/mol. The molecule has 1 heterocycles. The van der Waals surface area contributed by atoms with Gasteiger partial charge < -0.3 is 4.42 Å². The molecule has 3 nitrogen and oxygen atoms in total. The van der Waals surface area contributed by atoms with Gasteiger partial charge in [-0.3, -0.25) is 4.57 Å². The van der Waals surface area contributed by atoms with E-state index in [1.165, 1.54) is 0 Å². The lowest BCUT2D eigenvalue weighted by Gasteiger charge is -1.98. The second-order valence-corrected chi connectivity index (χ2v) is 3.97. The monoisotopic (exact) mass is 255 g/mol. The van der Waals surface area contributed by atoms with Crippen LogP contribution in [-0.2, 0) is 6.54 Å². The molecule has 74 valence electrons. The van der Waals surface area contributed by atoms with Crippen molar-refractivity contribution < 1.29 is 4.42 Å². The summed E-state index contributed by atoms with van der Waals surface area (Å²) >= 11 is 3.31. The van der Waals surface area contributed by atoms with E-state index in [1.54, 1.807) is 4.57 Å². The van der Waals surface area contributed by atoms with Gasteiger partial charge in [0.2, 0.25) is 0 Å². The molecule has 4 heteroatoms. The molecule has 1 aromatic carbocycles. The summed E-state index contributed by atoms with van der Waals surface area (Å²) in [6.07, 6.45) is 0. The van der Waals surface area contributed by atoms with Crippen LogP contribution >= 0.6 is 15.9 Å². The number of alkyl halides is 1. The van der Waals surface area contributed by atoms with Crippen LogP contribution in [0.1, 0.15) is 5.56 Å². The van der Waals surface area contributed by atoms with Crippen LogP contribution in [0.2, 0.25) is 0 Å². The Kier molecular flexibility index (Phi) is 2.46. The van der Waals surface area contributed by atoms with Gasteiger partial charge in [-0.15, -0.1) is 0 Å². The molecule has 0 bridgehead atoms. The Bertz CT molecular complexity index is 512. The number of benzene rings is 1. The minimum Gasteiger partial charge on any atom is -0.408 e. The van der Waals surface area contributed by atoms with Crippen LogP contribution in [0.4, 0.5) is 0 Å². The molecule has 0 aliphatic heterocycles. The first-order chi connectivity index (χ1) is 6.72. The van der Waals surface area contributed by atoms with Crippen LogP contribution in [0.25, 0.3) is 11.1 Å². The third-order valence-corrected chi connectivity index (χ3v) is 2.49. The zero-order chi connectivity index (χ0) is 10.1. The second-order valence-electron chi connectivity index (χ2n) is 3.18. The maximum Gasteiger partial charge on any atom is 0.419 e. The largest absolute Gasteiger partial charge is 0.419 e. The highest BCUT2D eigenvalue weighted by Gasteiger charge is 2.07. The third kappa shape index (κ3) is 1.50. The lowest BCUT2D eigenvalue weighted by atomic mass is 10.2. The number of fused-ring (bicyclic) bond motifs is 1. The van der Waals surface area contributed by atoms with E-state index in [0.717, 1.165) is 16.4 Å². The van der Waals surface area contributed by atoms with Crippen LogP contribution in [-0.4, -0.2) is 9.90 Å². The van der Waals surface area contributed by atoms with E-state index in [1.807, 2.05) is 25.1 Å². The highest BCUT2D eigenvalue weighted by atomic mass is 79.9. The summed E-state index contributed by atoms with van der Waals surface area (Å²) in [4.78, 5) is 11.4. The molecule has 0 spiro atoms. The Balaban J connectivity index is 2.73. The average Bonchev–Trinajstić information content (AvgIpc) is 2.45. The van der Waals surface area contributed by atoms with Crippen LogP contribution < -0.4 is 5.76 Å². The topological polar surface area (TPSA) is 35.1 Å². The Morgan fingerprint density at radius 2 is 2.29 bits per heavy atom. The van der Waals surface area contributed by atoms with Crippen molar-refractivity contribution in [2.75, 3.05) is 5.33 Å².